The number of rotatable bonds is 4. The number of aromatic nitrogens is 1. The monoisotopic (exact) mass is 220 g/mol. The number of aryl methyl sites for hydroxylation is 1. The van der Waals surface area contributed by atoms with Crippen LogP contribution in [0.15, 0.2) is 18.5 Å². The van der Waals surface area contributed by atoms with Crippen LogP contribution in [0.1, 0.15) is 30.4 Å². The lowest BCUT2D eigenvalue weighted by Crippen LogP contribution is -2.27. The highest BCUT2D eigenvalue weighted by Gasteiger charge is 2.24. The Balaban J connectivity index is 1.75. The maximum Gasteiger partial charge on any atom is 0.0580 e. The molecule has 0 aromatic carbocycles. The molecule has 0 aliphatic heterocycles. The van der Waals surface area contributed by atoms with Crippen LogP contribution in [0, 0.1) is 12.8 Å². The maximum atomic E-state index is 9.68. The Kier molecular flexibility index (Phi) is 3.91. The predicted molar refractivity (Wildman–Crippen MR) is 64.0 cm³/mol. The van der Waals surface area contributed by atoms with E-state index in [9.17, 15) is 5.11 Å². The Morgan fingerprint density at radius 3 is 3.00 bits per heavy atom. The van der Waals surface area contributed by atoms with Gasteiger partial charge in [-0.05, 0) is 36.8 Å². The van der Waals surface area contributed by atoms with E-state index in [0.29, 0.717) is 5.92 Å². The van der Waals surface area contributed by atoms with Gasteiger partial charge in [-0.3, -0.25) is 4.98 Å². The lowest BCUT2D eigenvalue weighted by Gasteiger charge is -2.15. The van der Waals surface area contributed by atoms with Crippen LogP contribution >= 0.6 is 0 Å². The summed E-state index contributed by atoms with van der Waals surface area (Å²) < 4.78 is 0. The topological polar surface area (TPSA) is 45.2 Å². The molecule has 2 N–H and O–H groups in total. The van der Waals surface area contributed by atoms with Gasteiger partial charge in [0.15, 0.2) is 0 Å². The van der Waals surface area contributed by atoms with Gasteiger partial charge in [0, 0.05) is 25.5 Å². The lowest BCUT2D eigenvalue weighted by molar-refractivity contribution is 0.131. The summed E-state index contributed by atoms with van der Waals surface area (Å²) in [6.45, 7) is 3.81. The molecule has 1 aromatic rings. The first-order chi connectivity index (χ1) is 7.75. The molecular weight excluding hydrogens is 200 g/mol. The fourth-order valence-electron chi connectivity index (χ4n) is 2.37. The molecule has 2 unspecified atom stereocenters. The molecule has 3 heteroatoms. The number of hydrogen-bond acceptors (Lipinski definition) is 3. The minimum absolute atomic E-state index is 0.0943. The fourth-order valence-corrected chi connectivity index (χ4v) is 2.37. The molecule has 3 nitrogen and oxygen atoms in total. The highest BCUT2D eigenvalue weighted by Crippen LogP contribution is 2.24. The molecule has 1 aliphatic rings. The molecule has 0 radical (unpaired) electrons. The molecule has 1 heterocycles. The van der Waals surface area contributed by atoms with Crippen LogP contribution < -0.4 is 5.32 Å². The van der Waals surface area contributed by atoms with Gasteiger partial charge in [0.2, 0.25) is 0 Å². The van der Waals surface area contributed by atoms with E-state index >= 15 is 0 Å². The Hall–Kier alpha value is -0.930. The van der Waals surface area contributed by atoms with Gasteiger partial charge in [0.1, 0.15) is 0 Å². The third-order valence-corrected chi connectivity index (χ3v) is 3.29. The Morgan fingerprint density at radius 2 is 2.31 bits per heavy atom. The Labute approximate surface area is 96.9 Å². The molecule has 0 bridgehead atoms. The van der Waals surface area contributed by atoms with Gasteiger partial charge in [0.05, 0.1) is 6.10 Å². The largest absolute Gasteiger partial charge is 0.393 e. The maximum absolute atomic E-state index is 9.68. The van der Waals surface area contributed by atoms with Gasteiger partial charge < -0.3 is 10.4 Å². The van der Waals surface area contributed by atoms with E-state index in [1.165, 1.54) is 17.5 Å². The van der Waals surface area contributed by atoms with Gasteiger partial charge in [-0.2, -0.15) is 0 Å². The smallest absolute Gasteiger partial charge is 0.0580 e. The lowest BCUT2D eigenvalue weighted by atomic mass is 10.1. The van der Waals surface area contributed by atoms with Gasteiger partial charge in [-0.15, -0.1) is 0 Å². The molecule has 0 saturated heterocycles. The molecule has 16 heavy (non-hydrogen) atoms. The van der Waals surface area contributed by atoms with Gasteiger partial charge in [-0.1, -0.05) is 12.5 Å². The minimum Gasteiger partial charge on any atom is -0.393 e. The van der Waals surface area contributed by atoms with Crippen LogP contribution in [0.5, 0.6) is 0 Å². The van der Waals surface area contributed by atoms with E-state index in [4.69, 9.17) is 0 Å². The van der Waals surface area contributed by atoms with Crippen molar-refractivity contribution < 1.29 is 5.11 Å². The molecule has 1 aromatic heterocycles. The summed E-state index contributed by atoms with van der Waals surface area (Å²) >= 11 is 0. The number of aliphatic hydroxyl groups excluding tert-OH is 1. The van der Waals surface area contributed by atoms with Crippen molar-refractivity contribution in [1.29, 1.82) is 0 Å². The number of aliphatic hydroxyl groups is 1. The second kappa shape index (κ2) is 5.41. The SMILES string of the molecule is Cc1cncc(CNCC2CCCC2O)c1. The molecule has 1 aliphatic carbocycles. The zero-order valence-corrected chi connectivity index (χ0v) is 9.82. The summed E-state index contributed by atoms with van der Waals surface area (Å²) in [7, 11) is 0. The molecule has 2 rings (SSSR count). The summed E-state index contributed by atoms with van der Waals surface area (Å²) in [6, 6.07) is 2.14. The van der Waals surface area contributed by atoms with Gasteiger partial charge in [-0.25, -0.2) is 0 Å². The van der Waals surface area contributed by atoms with Gasteiger partial charge in [0.25, 0.3) is 0 Å². The quantitative estimate of drug-likeness (QED) is 0.811. The fraction of sp³-hybridized carbons (Fsp3) is 0.615. The Bertz CT molecular complexity index is 340. The average molecular weight is 220 g/mol. The molecule has 0 amide bonds. The molecule has 2 atom stereocenters. The van der Waals surface area contributed by atoms with E-state index in [1.54, 1.807) is 0 Å². The second-order valence-corrected chi connectivity index (χ2v) is 4.76. The summed E-state index contributed by atoms with van der Waals surface area (Å²) in [5.74, 6) is 0.442. The first-order valence-corrected chi connectivity index (χ1v) is 6.05. The summed E-state index contributed by atoms with van der Waals surface area (Å²) in [6.07, 6.45) is 6.95. The first-order valence-electron chi connectivity index (χ1n) is 6.05. The van der Waals surface area contributed by atoms with Crippen molar-refractivity contribution in [3.63, 3.8) is 0 Å². The van der Waals surface area contributed by atoms with Crippen LogP contribution in [0.4, 0.5) is 0 Å². The van der Waals surface area contributed by atoms with E-state index in [1.807, 2.05) is 12.4 Å². The molecule has 1 fully saturated rings. The number of nitrogens with one attached hydrogen (secondary N) is 1. The normalized spacial score (nSPS) is 24.9. The molecule has 0 spiro atoms. The number of pyridine rings is 1. The van der Waals surface area contributed by atoms with E-state index in [2.05, 4.69) is 23.3 Å². The van der Waals surface area contributed by atoms with Crippen LogP contribution in [0.25, 0.3) is 0 Å². The molecule has 88 valence electrons. The van der Waals surface area contributed by atoms with Crippen molar-refractivity contribution in [1.82, 2.24) is 10.3 Å². The van der Waals surface area contributed by atoms with E-state index < -0.39 is 0 Å². The average Bonchev–Trinajstić information content (AvgIpc) is 2.65. The standard InChI is InChI=1S/C13H20N2O/c1-10-5-11(7-14-6-10)8-15-9-12-3-2-4-13(12)16/h5-7,12-13,15-16H,2-4,8-9H2,1H3. The van der Waals surface area contributed by atoms with E-state index in [-0.39, 0.29) is 6.10 Å². The summed E-state index contributed by atoms with van der Waals surface area (Å²) in [5.41, 5.74) is 2.41. The highest BCUT2D eigenvalue weighted by atomic mass is 16.3. The highest BCUT2D eigenvalue weighted by molar-refractivity contribution is 5.16. The zero-order valence-electron chi connectivity index (χ0n) is 9.82. The van der Waals surface area contributed by atoms with Crippen molar-refractivity contribution in [3.05, 3.63) is 29.6 Å². The predicted octanol–water partition coefficient (Wildman–Crippen LogP) is 1.64. The zero-order chi connectivity index (χ0) is 11.4. The van der Waals surface area contributed by atoms with Crippen molar-refractivity contribution in [2.24, 2.45) is 5.92 Å². The van der Waals surface area contributed by atoms with Gasteiger partial charge >= 0.3 is 0 Å². The second-order valence-electron chi connectivity index (χ2n) is 4.76. The van der Waals surface area contributed by atoms with Crippen LogP contribution in [-0.4, -0.2) is 22.7 Å². The van der Waals surface area contributed by atoms with Crippen LogP contribution in [0.2, 0.25) is 0 Å². The van der Waals surface area contributed by atoms with Crippen molar-refractivity contribution in [3.8, 4) is 0 Å². The number of nitrogens with zero attached hydrogens (tertiary/aromatic N) is 1. The molecule has 1 saturated carbocycles. The third kappa shape index (κ3) is 3.03. The minimum atomic E-state index is -0.0943. The Morgan fingerprint density at radius 1 is 1.44 bits per heavy atom. The van der Waals surface area contributed by atoms with Crippen molar-refractivity contribution in [2.45, 2.75) is 38.8 Å². The van der Waals surface area contributed by atoms with Crippen molar-refractivity contribution >= 4 is 0 Å². The third-order valence-electron chi connectivity index (χ3n) is 3.29. The number of hydrogen-bond donors (Lipinski definition) is 2. The molecular formula is C13H20N2O. The summed E-state index contributed by atoms with van der Waals surface area (Å²) in [5, 5.41) is 13.1. The van der Waals surface area contributed by atoms with E-state index in [0.717, 1.165) is 25.9 Å². The first kappa shape index (κ1) is 11.6. The van der Waals surface area contributed by atoms with Crippen LogP contribution in [-0.2, 0) is 6.54 Å². The van der Waals surface area contributed by atoms with Crippen LogP contribution in [0.3, 0.4) is 0 Å². The van der Waals surface area contributed by atoms with Crippen molar-refractivity contribution in [2.75, 3.05) is 6.54 Å². The summed E-state index contributed by atoms with van der Waals surface area (Å²) in [4.78, 5) is 4.16.